The fourth-order valence-electron chi connectivity index (χ4n) is 5.22. The van der Waals surface area contributed by atoms with Crippen LogP contribution in [0.25, 0.3) is 0 Å². The average Bonchev–Trinajstić information content (AvgIpc) is 3.55. The van der Waals surface area contributed by atoms with Crippen molar-refractivity contribution in [3.05, 3.63) is 113 Å². The highest BCUT2D eigenvalue weighted by Gasteiger charge is 2.18. The minimum absolute atomic E-state index is 0.131. The standard InChI is InChI=1S/C35H37N3O6S/c1-25-34(37-45(2,40)41)4-3-5-35(25)38(20-27-8-6-26(19-36)7-9-27)21-28-10-12-31(13-11-28)44-33-17-30(22-39)16-32(18-33)43-24-29-14-15-42-23-29/h3-13,16-18,29,37,39H,14-15,20-24H2,1-2H3. The minimum atomic E-state index is -3.45. The van der Waals surface area contributed by atoms with Gasteiger partial charge in [-0.2, -0.15) is 5.26 Å². The maximum atomic E-state index is 12.0. The zero-order valence-electron chi connectivity index (χ0n) is 25.4. The largest absolute Gasteiger partial charge is 0.493 e. The van der Waals surface area contributed by atoms with Crippen LogP contribution in [0.3, 0.4) is 0 Å². The molecule has 9 nitrogen and oxygen atoms in total. The van der Waals surface area contributed by atoms with Crippen LogP contribution < -0.4 is 19.1 Å². The van der Waals surface area contributed by atoms with Gasteiger partial charge in [-0.05, 0) is 84.1 Å². The molecule has 2 N–H and O–H groups in total. The summed E-state index contributed by atoms with van der Waals surface area (Å²) in [7, 11) is -3.45. The Hall–Kier alpha value is -4.56. The second-order valence-corrected chi connectivity index (χ2v) is 13.0. The normalized spacial score (nSPS) is 14.5. The van der Waals surface area contributed by atoms with Crippen molar-refractivity contribution in [2.24, 2.45) is 5.92 Å². The van der Waals surface area contributed by atoms with Gasteiger partial charge in [0.05, 0.1) is 43.4 Å². The van der Waals surface area contributed by atoms with Gasteiger partial charge in [0.25, 0.3) is 0 Å². The number of hydrogen-bond acceptors (Lipinski definition) is 8. The van der Waals surface area contributed by atoms with Crippen molar-refractivity contribution in [3.8, 4) is 23.3 Å². The number of aliphatic hydroxyl groups is 1. The Morgan fingerprint density at radius 1 is 0.956 bits per heavy atom. The molecule has 0 radical (unpaired) electrons. The van der Waals surface area contributed by atoms with Gasteiger partial charge >= 0.3 is 0 Å². The molecule has 1 aliphatic heterocycles. The van der Waals surface area contributed by atoms with Crippen molar-refractivity contribution in [1.29, 1.82) is 5.26 Å². The van der Waals surface area contributed by atoms with E-state index in [1.165, 1.54) is 0 Å². The molecular weight excluding hydrogens is 590 g/mol. The molecule has 0 aromatic heterocycles. The smallest absolute Gasteiger partial charge is 0.229 e. The van der Waals surface area contributed by atoms with Crippen molar-refractivity contribution < 1.29 is 27.7 Å². The molecule has 1 atom stereocenters. The van der Waals surface area contributed by atoms with Crippen molar-refractivity contribution in [2.45, 2.75) is 33.0 Å². The third-order valence-electron chi connectivity index (χ3n) is 7.56. The third kappa shape index (κ3) is 8.99. The molecule has 0 spiro atoms. The second kappa shape index (κ2) is 14.5. The Labute approximate surface area is 264 Å². The van der Waals surface area contributed by atoms with Crippen molar-refractivity contribution >= 4 is 21.4 Å². The van der Waals surface area contributed by atoms with E-state index < -0.39 is 10.0 Å². The lowest BCUT2D eigenvalue weighted by Crippen LogP contribution is -2.23. The average molecular weight is 628 g/mol. The highest BCUT2D eigenvalue weighted by molar-refractivity contribution is 7.92. The lowest BCUT2D eigenvalue weighted by atomic mass is 10.1. The molecule has 0 aliphatic carbocycles. The lowest BCUT2D eigenvalue weighted by molar-refractivity contribution is 0.167. The number of nitriles is 1. The van der Waals surface area contributed by atoms with Crippen LogP contribution in [0.2, 0.25) is 0 Å². The minimum Gasteiger partial charge on any atom is -0.493 e. The van der Waals surface area contributed by atoms with Gasteiger partial charge in [0.1, 0.15) is 17.2 Å². The molecule has 1 saturated heterocycles. The lowest BCUT2D eigenvalue weighted by Gasteiger charge is -2.28. The maximum Gasteiger partial charge on any atom is 0.229 e. The Bertz CT molecular complexity index is 1750. The van der Waals surface area contributed by atoms with Crippen LogP contribution in [0, 0.1) is 24.2 Å². The predicted octanol–water partition coefficient (Wildman–Crippen LogP) is 6.14. The quantitative estimate of drug-likeness (QED) is 0.181. The van der Waals surface area contributed by atoms with Gasteiger partial charge in [-0.15, -0.1) is 0 Å². The first-order chi connectivity index (χ1) is 21.7. The Morgan fingerprint density at radius 2 is 1.64 bits per heavy atom. The number of nitrogens with zero attached hydrogens (tertiary/aromatic N) is 2. The van der Waals surface area contributed by atoms with Crippen LogP contribution in [-0.4, -0.2) is 39.6 Å². The molecule has 0 saturated carbocycles. The van der Waals surface area contributed by atoms with E-state index in [-0.39, 0.29) is 6.61 Å². The van der Waals surface area contributed by atoms with Gasteiger partial charge in [-0.3, -0.25) is 4.72 Å². The molecule has 234 valence electrons. The molecule has 4 aromatic carbocycles. The zero-order chi connectivity index (χ0) is 31.8. The van der Waals surface area contributed by atoms with E-state index in [2.05, 4.69) is 15.7 Å². The molecule has 1 unspecified atom stereocenters. The predicted molar refractivity (Wildman–Crippen MR) is 174 cm³/mol. The molecule has 1 heterocycles. The topological polar surface area (TPSA) is 121 Å². The Morgan fingerprint density at radius 3 is 2.27 bits per heavy atom. The summed E-state index contributed by atoms with van der Waals surface area (Å²) in [5, 5.41) is 19.0. The van der Waals surface area contributed by atoms with E-state index in [4.69, 9.17) is 14.2 Å². The van der Waals surface area contributed by atoms with Gasteiger partial charge in [0, 0.05) is 37.4 Å². The number of aliphatic hydroxyl groups excluding tert-OH is 1. The summed E-state index contributed by atoms with van der Waals surface area (Å²) in [5.41, 5.74) is 5.52. The molecule has 10 heteroatoms. The Kier molecular flexibility index (Phi) is 10.2. The van der Waals surface area contributed by atoms with Gasteiger partial charge in [-0.25, -0.2) is 8.42 Å². The van der Waals surface area contributed by atoms with Crippen LogP contribution in [0.5, 0.6) is 17.2 Å². The summed E-state index contributed by atoms with van der Waals surface area (Å²) in [5.74, 6) is 2.21. The fraction of sp³-hybridized carbons (Fsp3) is 0.286. The van der Waals surface area contributed by atoms with Crippen LogP contribution in [-0.2, 0) is 34.5 Å². The monoisotopic (exact) mass is 627 g/mol. The number of hydrogen-bond donors (Lipinski definition) is 2. The van der Waals surface area contributed by atoms with Gasteiger partial charge < -0.3 is 24.2 Å². The van der Waals surface area contributed by atoms with Crippen molar-refractivity contribution in [3.63, 3.8) is 0 Å². The SMILES string of the molecule is Cc1c(NS(C)(=O)=O)cccc1N(Cc1ccc(C#N)cc1)Cc1ccc(Oc2cc(CO)cc(OCC3CCOC3)c2)cc1. The number of ether oxygens (including phenoxy) is 3. The van der Waals surface area contributed by atoms with Crippen LogP contribution >= 0.6 is 0 Å². The second-order valence-electron chi connectivity index (χ2n) is 11.2. The molecule has 0 amide bonds. The third-order valence-corrected chi connectivity index (χ3v) is 8.15. The summed E-state index contributed by atoms with van der Waals surface area (Å²) < 4.78 is 44.2. The molecule has 45 heavy (non-hydrogen) atoms. The van der Waals surface area contributed by atoms with Crippen LogP contribution in [0.4, 0.5) is 11.4 Å². The molecule has 4 aromatic rings. The number of sulfonamides is 1. The van der Waals surface area contributed by atoms with E-state index in [0.717, 1.165) is 41.7 Å². The summed E-state index contributed by atoms with van der Waals surface area (Å²) in [4.78, 5) is 2.17. The Balaban J connectivity index is 1.35. The van der Waals surface area contributed by atoms with E-state index in [1.54, 1.807) is 24.3 Å². The van der Waals surface area contributed by atoms with Crippen LogP contribution in [0.1, 0.15) is 34.2 Å². The number of rotatable bonds is 13. The van der Waals surface area contributed by atoms with E-state index in [0.29, 0.717) is 66.3 Å². The van der Waals surface area contributed by atoms with E-state index >= 15 is 0 Å². The first-order valence-electron chi connectivity index (χ1n) is 14.7. The summed E-state index contributed by atoms with van der Waals surface area (Å²) in [6, 6.07) is 28.3. The van der Waals surface area contributed by atoms with Gasteiger partial charge in [0.15, 0.2) is 0 Å². The molecule has 5 rings (SSSR count). The maximum absolute atomic E-state index is 12.0. The number of nitrogens with one attached hydrogen (secondary N) is 1. The van der Waals surface area contributed by atoms with E-state index in [9.17, 15) is 18.8 Å². The first-order valence-corrected chi connectivity index (χ1v) is 16.6. The summed E-state index contributed by atoms with van der Waals surface area (Å²) >= 11 is 0. The molecule has 1 fully saturated rings. The highest BCUT2D eigenvalue weighted by Crippen LogP contribution is 2.32. The fourth-order valence-corrected chi connectivity index (χ4v) is 5.84. The number of anilines is 2. The first kappa shape index (κ1) is 31.9. The van der Waals surface area contributed by atoms with Gasteiger partial charge in [0.2, 0.25) is 10.0 Å². The number of benzene rings is 4. The molecular formula is C35H37N3O6S. The van der Waals surface area contributed by atoms with Gasteiger partial charge in [-0.1, -0.05) is 30.3 Å². The summed E-state index contributed by atoms with van der Waals surface area (Å²) in [6.45, 7) is 4.84. The molecule has 0 bridgehead atoms. The highest BCUT2D eigenvalue weighted by atomic mass is 32.2. The van der Waals surface area contributed by atoms with E-state index in [1.807, 2.05) is 67.6 Å². The van der Waals surface area contributed by atoms with Crippen LogP contribution in [0.15, 0.2) is 84.9 Å². The zero-order valence-corrected chi connectivity index (χ0v) is 26.2. The van der Waals surface area contributed by atoms with Crippen molar-refractivity contribution in [1.82, 2.24) is 0 Å². The molecule has 1 aliphatic rings. The summed E-state index contributed by atoms with van der Waals surface area (Å²) in [6.07, 6.45) is 2.11. The van der Waals surface area contributed by atoms with Crippen molar-refractivity contribution in [2.75, 3.05) is 35.7 Å².